The molecule has 2 aromatic rings. The van der Waals surface area contributed by atoms with E-state index >= 15 is 0 Å². The first-order valence-electron chi connectivity index (χ1n) is 7.97. The van der Waals surface area contributed by atoms with Crippen molar-refractivity contribution in [1.82, 2.24) is 0 Å². The van der Waals surface area contributed by atoms with E-state index < -0.39 is 0 Å². The van der Waals surface area contributed by atoms with Gasteiger partial charge in [-0.1, -0.05) is 6.07 Å². The molecular formula is C18H20N2O3S. The van der Waals surface area contributed by atoms with Crippen LogP contribution >= 0.6 is 11.3 Å². The quantitative estimate of drug-likeness (QED) is 0.923. The number of nitrogens with zero attached hydrogens (tertiary/aromatic N) is 1. The third-order valence-corrected chi connectivity index (χ3v) is 4.91. The van der Waals surface area contributed by atoms with Crippen LogP contribution in [0.2, 0.25) is 0 Å². The average molecular weight is 344 g/mol. The normalized spacial score (nSPS) is 15.0. The van der Waals surface area contributed by atoms with E-state index in [0.717, 1.165) is 18.5 Å². The van der Waals surface area contributed by atoms with Gasteiger partial charge in [0.25, 0.3) is 5.91 Å². The molecule has 0 radical (unpaired) electrons. The van der Waals surface area contributed by atoms with Crippen molar-refractivity contribution in [2.24, 2.45) is 0 Å². The van der Waals surface area contributed by atoms with Gasteiger partial charge < -0.3 is 15.0 Å². The van der Waals surface area contributed by atoms with E-state index in [4.69, 9.17) is 4.74 Å². The van der Waals surface area contributed by atoms with Gasteiger partial charge in [-0.2, -0.15) is 0 Å². The summed E-state index contributed by atoms with van der Waals surface area (Å²) in [6, 6.07) is 11.2. The van der Waals surface area contributed by atoms with Gasteiger partial charge >= 0.3 is 0 Å². The topological polar surface area (TPSA) is 58.6 Å². The molecular weight excluding hydrogens is 324 g/mol. The van der Waals surface area contributed by atoms with Crippen LogP contribution in [0.5, 0.6) is 0 Å². The minimum Gasteiger partial charge on any atom is -0.381 e. The van der Waals surface area contributed by atoms with Crippen molar-refractivity contribution in [2.75, 3.05) is 23.4 Å². The van der Waals surface area contributed by atoms with E-state index in [2.05, 4.69) is 5.32 Å². The molecule has 1 aromatic heterocycles. The van der Waals surface area contributed by atoms with Gasteiger partial charge in [0.15, 0.2) is 0 Å². The molecule has 1 aliphatic heterocycles. The molecule has 1 aromatic carbocycles. The molecule has 2 heterocycles. The number of rotatable bonds is 4. The summed E-state index contributed by atoms with van der Waals surface area (Å²) in [5.41, 5.74) is 1.57. The van der Waals surface area contributed by atoms with E-state index in [1.807, 2.05) is 40.6 Å². The fourth-order valence-corrected chi connectivity index (χ4v) is 3.52. The Balaban J connectivity index is 1.72. The Kier molecular flexibility index (Phi) is 5.27. The maximum atomic E-state index is 12.1. The smallest absolute Gasteiger partial charge is 0.265 e. The summed E-state index contributed by atoms with van der Waals surface area (Å²) in [4.78, 5) is 26.6. The maximum Gasteiger partial charge on any atom is 0.265 e. The Hall–Kier alpha value is -2.18. The highest BCUT2D eigenvalue weighted by molar-refractivity contribution is 7.12. The number of thiophene rings is 1. The summed E-state index contributed by atoms with van der Waals surface area (Å²) >= 11 is 1.40. The van der Waals surface area contributed by atoms with Gasteiger partial charge in [-0.25, -0.2) is 0 Å². The van der Waals surface area contributed by atoms with Crippen LogP contribution in [0, 0.1) is 0 Å². The number of ether oxygens (including phenoxy) is 1. The minimum absolute atomic E-state index is 0.0253. The van der Waals surface area contributed by atoms with Gasteiger partial charge in [-0.05, 0) is 48.6 Å². The summed E-state index contributed by atoms with van der Waals surface area (Å²) in [6.45, 7) is 2.95. The molecule has 0 saturated carbocycles. The maximum absolute atomic E-state index is 12.1. The van der Waals surface area contributed by atoms with Gasteiger partial charge in [0.05, 0.1) is 4.88 Å². The average Bonchev–Trinajstić information content (AvgIpc) is 3.12. The lowest BCUT2D eigenvalue weighted by molar-refractivity contribution is -0.117. The van der Waals surface area contributed by atoms with Crippen LogP contribution in [0.3, 0.4) is 0 Å². The molecule has 0 unspecified atom stereocenters. The minimum atomic E-state index is -0.120. The number of benzene rings is 1. The second kappa shape index (κ2) is 7.59. The largest absolute Gasteiger partial charge is 0.381 e. The molecule has 0 bridgehead atoms. The summed E-state index contributed by atoms with van der Waals surface area (Å²) in [5, 5.41) is 4.74. The van der Waals surface area contributed by atoms with Crippen molar-refractivity contribution >= 4 is 34.5 Å². The van der Waals surface area contributed by atoms with E-state index in [-0.39, 0.29) is 17.9 Å². The lowest BCUT2D eigenvalue weighted by Crippen LogP contribution is -2.42. The van der Waals surface area contributed by atoms with Gasteiger partial charge in [-0.15, -0.1) is 11.3 Å². The molecule has 0 spiro atoms. The predicted octanol–water partition coefficient (Wildman–Crippen LogP) is 3.53. The first-order valence-corrected chi connectivity index (χ1v) is 8.85. The van der Waals surface area contributed by atoms with Crippen molar-refractivity contribution in [3.05, 3.63) is 46.7 Å². The second-order valence-electron chi connectivity index (χ2n) is 5.71. The molecule has 1 saturated heterocycles. The lowest BCUT2D eigenvalue weighted by atomic mass is 10.1. The molecule has 1 N–H and O–H groups in total. The van der Waals surface area contributed by atoms with Crippen LogP contribution < -0.4 is 10.2 Å². The van der Waals surface area contributed by atoms with Crippen molar-refractivity contribution in [1.29, 1.82) is 0 Å². The van der Waals surface area contributed by atoms with Gasteiger partial charge in [0, 0.05) is 37.6 Å². The molecule has 1 fully saturated rings. The standard InChI is InChI=1S/C18H20N2O3S/c1-13(21)20(16-8-10-23-11-9-16)15-6-4-14(5-7-15)19-18(22)17-3-2-12-24-17/h2-7,12,16H,8-11H2,1H3,(H,19,22). The molecule has 6 heteroatoms. The highest BCUT2D eigenvalue weighted by atomic mass is 32.1. The first kappa shape index (κ1) is 16.7. The lowest BCUT2D eigenvalue weighted by Gasteiger charge is -2.33. The van der Waals surface area contributed by atoms with Crippen molar-refractivity contribution < 1.29 is 14.3 Å². The summed E-state index contributed by atoms with van der Waals surface area (Å²) < 4.78 is 5.38. The third-order valence-electron chi connectivity index (χ3n) is 4.04. The van der Waals surface area contributed by atoms with Crippen LogP contribution in [0.15, 0.2) is 41.8 Å². The zero-order chi connectivity index (χ0) is 16.9. The Morgan fingerprint density at radius 2 is 1.88 bits per heavy atom. The summed E-state index contributed by atoms with van der Waals surface area (Å²) in [6.07, 6.45) is 1.69. The van der Waals surface area contributed by atoms with Crippen molar-refractivity contribution in [2.45, 2.75) is 25.8 Å². The van der Waals surface area contributed by atoms with E-state index in [9.17, 15) is 9.59 Å². The Morgan fingerprint density at radius 3 is 2.46 bits per heavy atom. The molecule has 2 amide bonds. The second-order valence-corrected chi connectivity index (χ2v) is 6.66. The predicted molar refractivity (Wildman–Crippen MR) is 95.7 cm³/mol. The Labute approximate surface area is 145 Å². The molecule has 5 nitrogen and oxygen atoms in total. The third kappa shape index (κ3) is 3.83. The SMILES string of the molecule is CC(=O)N(c1ccc(NC(=O)c2cccs2)cc1)C1CCOCC1. The number of carbonyl (C=O) groups excluding carboxylic acids is 2. The Morgan fingerprint density at radius 1 is 1.17 bits per heavy atom. The van der Waals surface area contributed by atoms with Gasteiger partial charge in [0.1, 0.15) is 0 Å². The summed E-state index contributed by atoms with van der Waals surface area (Å²) in [7, 11) is 0. The molecule has 1 aliphatic rings. The Bertz CT molecular complexity index is 692. The van der Waals surface area contributed by atoms with Gasteiger partial charge in [-0.3, -0.25) is 9.59 Å². The van der Waals surface area contributed by atoms with E-state index in [0.29, 0.717) is 23.8 Å². The van der Waals surface area contributed by atoms with Crippen LogP contribution in [0.4, 0.5) is 11.4 Å². The number of hydrogen-bond acceptors (Lipinski definition) is 4. The number of carbonyl (C=O) groups is 2. The van der Waals surface area contributed by atoms with E-state index in [1.165, 1.54) is 11.3 Å². The number of amides is 2. The zero-order valence-corrected chi connectivity index (χ0v) is 14.3. The van der Waals surface area contributed by atoms with Crippen molar-refractivity contribution in [3.63, 3.8) is 0 Å². The number of anilines is 2. The highest BCUT2D eigenvalue weighted by Crippen LogP contribution is 2.25. The number of nitrogens with one attached hydrogen (secondary N) is 1. The van der Waals surface area contributed by atoms with Crippen LogP contribution in [0.25, 0.3) is 0 Å². The van der Waals surface area contributed by atoms with Gasteiger partial charge in [0.2, 0.25) is 5.91 Å². The van der Waals surface area contributed by atoms with Crippen LogP contribution in [0.1, 0.15) is 29.4 Å². The highest BCUT2D eigenvalue weighted by Gasteiger charge is 2.24. The van der Waals surface area contributed by atoms with Crippen LogP contribution in [-0.4, -0.2) is 31.1 Å². The fourth-order valence-electron chi connectivity index (χ4n) is 2.90. The molecule has 24 heavy (non-hydrogen) atoms. The zero-order valence-electron chi connectivity index (χ0n) is 13.5. The fraction of sp³-hybridized carbons (Fsp3) is 0.333. The van der Waals surface area contributed by atoms with Crippen LogP contribution in [-0.2, 0) is 9.53 Å². The summed E-state index contributed by atoms with van der Waals surface area (Å²) in [5.74, 6) is -0.0946. The molecule has 0 atom stereocenters. The monoisotopic (exact) mass is 344 g/mol. The first-order chi connectivity index (χ1) is 11.6. The number of hydrogen-bond donors (Lipinski definition) is 1. The van der Waals surface area contributed by atoms with E-state index in [1.54, 1.807) is 13.0 Å². The van der Waals surface area contributed by atoms with Crippen molar-refractivity contribution in [3.8, 4) is 0 Å². The molecule has 0 aliphatic carbocycles. The molecule has 3 rings (SSSR count). The molecule has 126 valence electrons.